The number of allylic oxidation sites excluding steroid dienone is 8. The van der Waals surface area contributed by atoms with Gasteiger partial charge in [0.25, 0.3) is 0 Å². The van der Waals surface area contributed by atoms with E-state index in [2.05, 4.69) is 69.4 Å². The summed E-state index contributed by atoms with van der Waals surface area (Å²) in [5.74, 6) is -0.850. The molecular formula is C70H128O6. The van der Waals surface area contributed by atoms with Gasteiger partial charge in [0.2, 0.25) is 0 Å². The average Bonchev–Trinajstić information content (AvgIpc) is 3.42. The van der Waals surface area contributed by atoms with Crippen LogP contribution in [0.1, 0.15) is 361 Å². The van der Waals surface area contributed by atoms with Gasteiger partial charge in [-0.3, -0.25) is 14.4 Å². The standard InChI is InChI=1S/C70H128O6/c1-4-7-10-13-16-19-22-24-26-28-30-32-34-36-37-39-41-43-45-48-51-54-57-60-63-69(72)75-66-67(65-74-68(71)62-59-56-53-50-47-21-18-15-12-9-6-3)76-70(73)64-61-58-55-52-49-46-44-42-40-38-35-33-31-29-27-25-23-20-17-14-11-8-5-2/h8,11,17,20,25,27,31,33,67H,4-7,9-10,12-16,18-19,21-24,26,28-30,32,34-66H2,1-3H3/b11-8-,20-17-,27-25-,33-31-. The molecule has 0 rings (SSSR count). The summed E-state index contributed by atoms with van der Waals surface area (Å²) >= 11 is 0. The van der Waals surface area contributed by atoms with Crippen LogP contribution in [0.25, 0.3) is 0 Å². The molecule has 444 valence electrons. The van der Waals surface area contributed by atoms with E-state index in [0.29, 0.717) is 19.3 Å². The zero-order valence-electron chi connectivity index (χ0n) is 51.0. The smallest absolute Gasteiger partial charge is 0.306 e. The van der Waals surface area contributed by atoms with Crippen LogP contribution < -0.4 is 0 Å². The SMILES string of the molecule is CC/C=C\C/C=C\C/C=C\C/C=C\CCCCCCCCCCCCC(=O)OC(COC(=O)CCCCCCCCCCCCC)COC(=O)CCCCCCCCCCCCCCCCCCCCCCCCCC. The highest BCUT2D eigenvalue weighted by Crippen LogP contribution is 2.18. The van der Waals surface area contributed by atoms with Crippen LogP contribution in [0, 0.1) is 0 Å². The van der Waals surface area contributed by atoms with Crippen LogP contribution >= 0.6 is 0 Å². The van der Waals surface area contributed by atoms with E-state index < -0.39 is 6.10 Å². The predicted octanol–water partition coefficient (Wildman–Crippen LogP) is 22.9. The Kier molecular flexibility index (Phi) is 62.6. The molecule has 0 bridgehead atoms. The second-order valence-electron chi connectivity index (χ2n) is 22.7. The van der Waals surface area contributed by atoms with E-state index in [-0.39, 0.29) is 31.1 Å². The number of carbonyl (C=O) groups is 3. The van der Waals surface area contributed by atoms with E-state index in [1.54, 1.807) is 0 Å². The van der Waals surface area contributed by atoms with Crippen LogP contribution in [0.3, 0.4) is 0 Å². The molecule has 0 N–H and O–H groups in total. The van der Waals surface area contributed by atoms with E-state index in [1.165, 1.54) is 238 Å². The van der Waals surface area contributed by atoms with Crippen molar-refractivity contribution < 1.29 is 28.6 Å². The van der Waals surface area contributed by atoms with Crippen LogP contribution in [-0.2, 0) is 28.6 Å². The second-order valence-corrected chi connectivity index (χ2v) is 22.7. The van der Waals surface area contributed by atoms with Gasteiger partial charge in [0, 0.05) is 19.3 Å². The Morgan fingerprint density at radius 3 is 0.803 bits per heavy atom. The molecule has 0 heterocycles. The third-order valence-corrected chi connectivity index (χ3v) is 15.1. The van der Waals surface area contributed by atoms with Gasteiger partial charge >= 0.3 is 17.9 Å². The van der Waals surface area contributed by atoms with E-state index in [0.717, 1.165) is 83.5 Å². The fraction of sp³-hybridized carbons (Fsp3) is 0.843. The van der Waals surface area contributed by atoms with Crippen LogP contribution in [-0.4, -0.2) is 37.2 Å². The van der Waals surface area contributed by atoms with Crippen molar-refractivity contribution in [1.82, 2.24) is 0 Å². The number of hydrogen-bond donors (Lipinski definition) is 0. The monoisotopic (exact) mass is 1060 g/mol. The molecule has 76 heavy (non-hydrogen) atoms. The Morgan fingerprint density at radius 1 is 0.276 bits per heavy atom. The molecule has 0 aliphatic heterocycles. The number of esters is 3. The van der Waals surface area contributed by atoms with Crippen LogP contribution in [0.4, 0.5) is 0 Å². The summed E-state index contributed by atoms with van der Waals surface area (Å²) in [6.07, 6.45) is 81.3. The van der Waals surface area contributed by atoms with E-state index in [9.17, 15) is 14.4 Å². The van der Waals surface area contributed by atoms with Gasteiger partial charge in [-0.05, 0) is 57.8 Å². The molecule has 1 atom stereocenters. The zero-order valence-corrected chi connectivity index (χ0v) is 51.0. The van der Waals surface area contributed by atoms with Gasteiger partial charge in [0.05, 0.1) is 0 Å². The first-order valence-corrected chi connectivity index (χ1v) is 33.6. The lowest BCUT2D eigenvalue weighted by atomic mass is 10.0. The Labute approximate surface area is 473 Å². The van der Waals surface area contributed by atoms with Gasteiger partial charge in [0.1, 0.15) is 13.2 Å². The van der Waals surface area contributed by atoms with Gasteiger partial charge in [-0.2, -0.15) is 0 Å². The quantitative estimate of drug-likeness (QED) is 0.0261. The normalized spacial score (nSPS) is 12.3. The molecule has 0 saturated heterocycles. The largest absolute Gasteiger partial charge is 0.462 e. The highest BCUT2D eigenvalue weighted by molar-refractivity contribution is 5.71. The number of unbranched alkanes of at least 4 members (excludes halogenated alkanes) is 43. The molecule has 0 saturated carbocycles. The topological polar surface area (TPSA) is 78.9 Å². The number of hydrogen-bond acceptors (Lipinski definition) is 6. The van der Waals surface area contributed by atoms with E-state index in [4.69, 9.17) is 14.2 Å². The Balaban J connectivity index is 4.21. The minimum absolute atomic E-state index is 0.0693. The van der Waals surface area contributed by atoms with Gasteiger partial charge < -0.3 is 14.2 Å². The molecule has 0 radical (unpaired) electrons. The van der Waals surface area contributed by atoms with Crippen molar-refractivity contribution in [2.24, 2.45) is 0 Å². The van der Waals surface area contributed by atoms with Crippen molar-refractivity contribution in [2.75, 3.05) is 13.2 Å². The first kappa shape index (κ1) is 73.4. The van der Waals surface area contributed by atoms with Crippen LogP contribution in [0.5, 0.6) is 0 Å². The molecule has 0 aromatic heterocycles. The molecule has 0 spiro atoms. The summed E-state index contributed by atoms with van der Waals surface area (Å²) in [5, 5.41) is 0. The van der Waals surface area contributed by atoms with Crippen molar-refractivity contribution in [3.05, 3.63) is 48.6 Å². The Hall–Kier alpha value is -2.63. The third kappa shape index (κ3) is 62.2. The van der Waals surface area contributed by atoms with Crippen molar-refractivity contribution in [1.29, 1.82) is 0 Å². The molecular weight excluding hydrogens is 937 g/mol. The Bertz CT molecular complexity index is 1310. The second kappa shape index (κ2) is 64.9. The summed E-state index contributed by atoms with van der Waals surface area (Å²) in [5.41, 5.74) is 0. The summed E-state index contributed by atoms with van der Waals surface area (Å²) in [7, 11) is 0. The maximum Gasteiger partial charge on any atom is 0.306 e. The summed E-state index contributed by atoms with van der Waals surface area (Å²) in [4.78, 5) is 38.3. The molecule has 0 aliphatic carbocycles. The first-order valence-electron chi connectivity index (χ1n) is 33.6. The third-order valence-electron chi connectivity index (χ3n) is 15.1. The van der Waals surface area contributed by atoms with Gasteiger partial charge in [-0.1, -0.05) is 333 Å². The number of rotatable bonds is 62. The summed E-state index contributed by atoms with van der Waals surface area (Å²) in [6, 6.07) is 0. The molecule has 0 fully saturated rings. The lowest BCUT2D eigenvalue weighted by Crippen LogP contribution is -2.30. The highest BCUT2D eigenvalue weighted by atomic mass is 16.6. The molecule has 6 heteroatoms. The van der Waals surface area contributed by atoms with Crippen LogP contribution in [0.15, 0.2) is 48.6 Å². The lowest BCUT2D eigenvalue weighted by Gasteiger charge is -2.18. The fourth-order valence-electron chi connectivity index (χ4n) is 10.1. The number of ether oxygens (including phenoxy) is 3. The first-order chi connectivity index (χ1) is 37.5. The van der Waals surface area contributed by atoms with Gasteiger partial charge in [-0.15, -0.1) is 0 Å². The minimum Gasteiger partial charge on any atom is -0.462 e. The maximum absolute atomic E-state index is 12.9. The van der Waals surface area contributed by atoms with Crippen LogP contribution in [0.2, 0.25) is 0 Å². The summed E-state index contributed by atoms with van der Waals surface area (Å²) in [6.45, 7) is 6.58. The van der Waals surface area contributed by atoms with E-state index >= 15 is 0 Å². The predicted molar refractivity (Wildman–Crippen MR) is 330 cm³/mol. The highest BCUT2D eigenvalue weighted by Gasteiger charge is 2.19. The molecule has 0 aromatic rings. The summed E-state index contributed by atoms with van der Waals surface area (Å²) < 4.78 is 16.9. The molecule has 0 aromatic carbocycles. The van der Waals surface area contributed by atoms with Gasteiger partial charge in [-0.25, -0.2) is 0 Å². The van der Waals surface area contributed by atoms with E-state index in [1.807, 2.05) is 0 Å². The lowest BCUT2D eigenvalue weighted by molar-refractivity contribution is -0.167. The van der Waals surface area contributed by atoms with Gasteiger partial charge in [0.15, 0.2) is 6.10 Å². The minimum atomic E-state index is -0.772. The maximum atomic E-state index is 12.9. The zero-order chi connectivity index (χ0) is 55.0. The molecule has 1 unspecified atom stereocenters. The Morgan fingerprint density at radius 2 is 0.513 bits per heavy atom. The molecule has 6 nitrogen and oxygen atoms in total. The van der Waals surface area contributed by atoms with Crippen molar-refractivity contribution in [2.45, 2.75) is 367 Å². The fourth-order valence-corrected chi connectivity index (χ4v) is 10.1. The van der Waals surface area contributed by atoms with Crippen molar-refractivity contribution >= 4 is 17.9 Å². The number of carbonyl (C=O) groups excluding carboxylic acids is 3. The van der Waals surface area contributed by atoms with Crippen molar-refractivity contribution in [3.63, 3.8) is 0 Å². The molecule has 0 aliphatic rings. The molecule has 0 amide bonds. The average molecular weight is 1070 g/mol. The van der Waals surface area contributed by atoms with Crippen molar-refractivity contribution in [3.8, 4) is 0 Å².